The van der Waals surface area contributed by atoms with Crippen molar-refractivity contribution in [3.8, 4) is 0 Å². The molecule has 13 heavy (non-hydrogen) atoms. The SMILES string of the molecule is O=C(O)C1=CC2CC/C=C\CCC12. The van der Waals surface area contributed by atoms with Gasteiger partial charge in [-0.2, -0.15) is 0 Å². The first-order chi connectivity index (χ1) is 6.29. The third kappa shape index (κ3) is 1.53. The summed E-state index contributed by atoms with van der Waals surface area (Å²) in [6, 6.07) is 0. The highest BCUT2D eigenvalue weighted by Crippen LogP contribution is 2.40. The lowest BCUT2D eigenvalue weighted by Crippen LogP contribution is -2.30. The van der Waals surface area contributed by atoms with Crippen LogP contribution in [0.3, 0.4) is 0 Å². The molecule has 0 saturated heterocycles. The molecule has 2 rings (SSSR count). The Labute approximate surface area is 78.0 Å². The highest BCUT2D eigenvalue weighted by molar-refractivity contribution is 5.89. The van der Waals surface area contributed by atoms with Gasteiger partial charge in [0.05, 0.1) is 0 Å². The molecule has 1 N–H and O–H groups in total. The van der Waals surface area contributed by atoms with Crippen LogP contribution in [0.4, 0.5) is 0 Å². The molecule has 0 saturated carbocycles. The first-order valence-electron chi connectivity index (χ1n) is 4.89. The molecule has 0 bridgehead atoms. The molecule has 0 fully saturated rings. The molecule has 0 spiro atoms. The van der Waals surface area contributed by atoms with Crippen LogP contribution in [-0.4, -0.2) is 11.1 Å². The summed E-state index contributed by atoms with van der Waals surface area (Å²) in [7, 11) is 0. The molecule has 0 aromatic heterocycles. The summed E-state index contributed by atoms with van der Waals surface area (Å²) in [5.41, 5.74) is 0.653. The zero-order chi connectivity index (χ0) is 9.26. The molecule has 0 aliphatic heterocycles. The van der Waals surface area contributed by atoms with E-state index in [0.29, 0.717) is 17.4 Å². The van der Waals surface area contributed by atoms with Crippen LogP contribution >= 0.6 is 0 Å². The van der Waals surface area contributed by atoms with Crippen LogP contribution in [0.1, 0.15) is 25.7 Å². The van der Waals surface area contributed by atoms with E-state index in [-0.39, 0.29) is 0 Å². The highest BCUT2D eigenvalue weighted by atomic mass is 16.4. The largest absolute Gasteiger partial charge is 0.478 e. The molecule has 70 valence electrons. The Bertz CT molecular complexity index is 276. The Morgan fingerprint density at radius 3 is 2.69 bits per heavy atom. The van der Waals surface area contributed by atoms with Gasteiger partial charge in [-0.05, 0) is 37.5 Å². The van der Waals surface area contributed by atoms with Gasteiger partial charge in [-0.25, -0.2) is 4.79 Å². The number of carboxylic acid groups (broad SMARTS) is 1. The van der Waals surface area contributed by atoms with Crippen LogP contribution < -0.4 is 0 Å². The van der Waals surface area contributed by atoms with E-state index in [2.05, 4.69) is 12.2 Å². The Balaban J connectivity index is 2.07. The molecular weight excluding hydrogens is 164 g/mol. The van der Waals surface area contributed by atoms with Crippen LogP contribution in [0.2, 0.25) is 0 Å². The van der Waals surface area contributed by atoms with E-state index in [1.165, 1.54) is 0 Å². The lowest BCUT2D eigenvalue weighted by molar-refractivity contribution is -0.134. The van der Waals surface area contributed by atoms with Crippen LogP contribution in [0.25, 0.3) is 0 Å². The number of allylic oxidation sites excluding steroid dienone is 3. The molecule has 0 aromatic carbocycles. The van der Waals surface area contributed by atoms with E-state index >= 15 is 0 Å². The maximum Gasteiger partial charge on any atom is 0.331 e. The van der Waals surface area contributed by atoms with Gasteiger partial charge in [-0.3, -0.25) is 0 Å². The van der Waals surface area contributed by atoms with Gasteiger partial charge in [-0.15, -0.1) is 0 Å². The number of hydrogen-bond donors (Lipinski definition) is 1. The van der Waals surface area contributed by atoms with Crippen LogP contribution in [0.15, 0.2) is 23.8 Å². The van der Waals surface area contributed by atoms with Gasteiger partial charge in [0, 0.05) is 5.57 Å². The van der Waals surface area contributed by atoms with E-state index in [1.54, 1.807) is 0 Å². The monoisotopic (exact) mass is 178 g/mol. The number of fused-ring (bicyclic) bond motifs is 1. The van der Waals surface area contributed by atoms with Gasteiger partial charge in [0.2, 0.25) is 0 Å². The lowest BCUT2D eigenvalue weighted by atomic mass is 9.69. The zero-order valence-electron chi connectivity index (χ0n) is 7.57. The second kappa shape index (κ2) is 3.36. The Kier molecular flexibility index (Phi) is 2.21. The van der Waals surface area contributed by atoms with E-state index in [1.807, 2.05) is 6.08 Å². The molecule has 0 aromatic rings. The molecule has 2 unspecified atom stereocenters. The maximum absolute atomic E-state index is 10.7. The van der Waals surface area contributed by atoms with E-state index in [4.69, 9.17) is 5.11 Å². The van der Waals surface area contributed by atoms with Gasteiger partial charge in [-0.1, -0.05) is 18.2 Å². The van der Waals surface area contributed by atoms with Crippen molar-refractivity contribution in [1.29, 1.82) is 0 Å². The third-order valence-electron chi connectivity index (χ3n) is 3.03. The van der Waals surface area contributed by atoms with Crippen LogP contribution in [0, 0.1) is 11.8 Å². The van der Waals surface area contributed by atoms with Crippen molar-refractivity contribution in [2.24, 2.45) is 11.8 Å². The van der Waals surface area contributed by atoms with Crippen LogP contribution in [0.5, 0.6) is 0 Å². The van der Waals surface area contributed by atoms with E-state index < -0.39 is 5.97 Å². The predicted octanol–water partition coefficient (Wildman–Crippen LogP) is 2.37. The van der Waals surface area contributed by atoms with Crippen molar-refractivity contribution < 1.29 is 9.90 Å². The number of aliphatic carboxylic acids is 1. The summed E-state index contributed by atoms with van der Waals surface area (Å²) in [6.45, 7) is 0. The summed E-state index contributed by atoms with van der Waals surface area (Å²) in [5, 5.41) is 8.85. The van der Waals surface area contributed by atoms with Crippen molar-refractivity contribution in [3.63, 3.8) is 0 Å². The maximum atomic E-state index is 10.7. The van der Waals surface area contributed by atoms with Crippen molar-refractivity contribution in [3.05, 3.63) is 23.8 Å². The summed E-state index contributed by atoms with van der Waals surface area (Å²) in [4.78, 5) is 10.7. The van der Waals surface area contributed by atoms with E-state index in [0.717, 1.165) is 25.7 Å². The zero-order valence-corrected chi connectivity index (χ0v) is 7.57. The fourth-order valence-corrected chi connectivity index (χ4v) is 2.27. The molecule has 0 amide bonds. The van der Waals surface area contributed by atoms with Gasteiger partial charge < -0.3 is 5.11 Å². The van der Waals surface area contributed by atoms with Crippen molar-refractivity contribution in [1.82, 2.24) is 0 Å². The molecule has 2 aliphatic rings. The lowest BCUT2D eigenvalue weighted by Gasteiger charge is -2.34. The number of carboxylic acids is 1. The molecule has 2 aliphatic carbocycles. The fourth-order valence-electron chi connectivity index (χ4n) is 2.27. The quantitative estimate of drug-likeness (QED) is 0.626. The summed E-state index contributed by atoms with van der Waals surface area (Å²) in [5.74, 6) is 0.157. The molecule has 2 nitrogen and oxygen atoms in total. The Morgan fingerprint density at radius 2 is 2.00 bits per heavy atom. The summed E-state index contributed by atoms with van der Waals surface area (Å²) >= 11 is 0. The van der Waals surface area contributed by atoms with Crippen LogP contribution in [-0.2, 0) is 4.79 Å². The van der Waals surface area contributed by atoms with Gasteiger partial charge in [0.1, 0.15) is 0 Å². The van der Waals surface area contributed by atoms with Crippen molar-refractivity contribution in [2.75, 3.05) is 0 Å². The minimum atomic E-state index is -0.717. The molecule has 2 atom stereocenters. The topological polar surface area (TPSA) is 37.3 Å². The van der Waals surface area contributed by atoms with Gasteiger partial charge in [0.15, 0.2) is 0 Å². The van der Waals surface area contributed by atoms with Crippen molar-refractivity contribution >= 4 is 5.97 Å². The Morgan fingerprint density at radius 1 is 1.31 bits per heavy atom. The third-order valence-corrected chi connectivity index (χ3v) is 3.03. The molecule has 0 heterocycles. The second-order valence-electron chi connectivity index (χ2n) is 3.82. The molecular formula is C11H14O2. The minimum absolute atomic E-state index is 0.336. The van der Waals surface area contributed by atoms with E-state index in [9.17, 15) is 4.79 Å². The standard InChI is InChI=1S/C11H14O2/c12-11(13)10-7-8-5-3-1-2-4-6-9(8)10/h1-2,7-9H,3-6H2,(H,12,13)/b2-1-. The number of hydrogen-bond acceptors (Lipinski definition) is 1. The summed E-state index contributed by atoms with van der Waals surface area (Å²) < 4.78 is 0. The van der Waals surface area contributed by atoms with Gasteiger partial charge >= 0.3 is 5.97 Å². The van der Waals surface area contributed by atoms with Crippen molar-refractivity contribution in [2.45, 2.75) is 25.7 Å². The normalized spacial score (nSPS) is 34.6. The summed E-state index contributed by atoms with van der Waals surface area (Å²) in [6.07, 6.45) is 10.6. The first kappa shape index (κ1) is 8.54. The first-order valence-corrected chi connectivity index (χ1v) is 4.89. The Hall–Kier alpha value is -1.05. The molecule has 0 radical (unpaired) electrons. The average Bonchev–Trinajstić information content (AvgIpc) is 2.03. The smallest absolute Gasteiger partial charge is 0.331 e. The minimum Gasteiger partial charge on any atom is -0.478 e. The fraction of sp³-hybridized carbons (Fsp3) is 0.545. The number of rotatable bonds is 1. The van der Waals surface area contributed by atoms with Gasteiger partial charge in [0.25, 0.3) is 0 Å². The predicted molar refractivity (Wildman–Crippen MR) is 50.3 cm³/mol. The number of carbonyl (C=O) groups is 1. The second-order valence-corrected chi connectivity index (χ2v) is 3.82. The molecule has 2 heteroatoms. The average molecular weight is 178 g/mol. The highest BCUT2D eigenvalue weighted by Gasteiger charge is 2.35.